The predicted molar refractivity (Wildman–Crippen MR) is 148 cm³/mol. The average molecular weight is 469 g/mol. The fourth-order valence-corrected chi connectivity index (χ4v) is 6.42. The number of hydrogen-bond donors (Lipinski definition) is 2. The van der Waals surface area contributed by atoms with Crippen molar-refractivity contribution in [2.75, 3.05) is 0 Å². The van der Waals surface area contributed by atoms with Gasteiger partial charge in [0.05, 0.1) is 0 Å². The summed E-state index contributed by atoms with van der Waals surface area (Å²) in [4.78, 5) is 0. The largest absolute Gasteiger partial charge is 0.456 e. The van der Waals surface area contributed by atoms with Gasteiger partial charge in [0.15, 0.2) is 0 Å². The summed E-state index contributed by atoms with van der Waals surface area (Å²) in [6.07, 6.45) is 0. The van der Waals surface area contributed by atoms with Crippen LogP contribution in [0.3, 0.4) is 0 Å². The average Bonchev–Trinajstić information content (AvgIpc) is 3.47. The quantitative estimate of drug-likeness (QED) is 0.201. The van der Waals surface area contributed by atoms with Crippen LogP contribution in [0.4, 0.5) is 0 Å². The molecular weight excluding hydrogens is 448 g/mol. The molecule has 0 aliphatic rings. The van der Waals surface area contributed by atoms with Crippen molar-refractivity contribution in [3.63, 3.8) is 0 Å². The molecule has 5 aromatic carbocycles. The number of thiophene rings is 1. The first kappa shape index (κ1) is 20.0. The summed E-state index contributed by atoms with van der Waals surface area (Å²) < 4.78 is 8.66. The summed E-state index contributed by atoms with van der Waals surface area (Å²) in [5.74, 6) is 0.0445. The van der Waals surface area contributed by atoms with E-state index in [1.165, 1.54) is 36.9 Å². The molecule has 0 radical (unpaired) electrons. The van der Waals surface area contributed by atoms with Gasteiger partial charge in [0.25, 0.3) is 0 Å². The van der Waals surface area contributed by atoms with Gasteiger partial charge in [-0.15, -0.1) is 11.3 Å². The molecule has 0 bridgehead atoms. The molecule has 166 valence electrons. The van der Waals surface area contributed by atoms with Crippen molar-refractivity contribution >= 4 is 59.3 Å². The Labute approximate surface area is 205 Å². The van der Waals surface area contributed by atoms with Crippen molar-refractivity contribution in [3.8, 4) is 22.3 Å². The van der Waals surface area contributed by atoms with Crippen LogP contribution in [0.2, 0.25) is 0 Å². The summed E-state index contributed by atoms with van der Waals surface area (Å²) >= 11 is 1.84. The Morgan fingerprint density at radius 3 is 2.31 bits per heavy atom. The molecule has 0 saturated carbocycles. The second kappa shape index (κ2) is 7.55. The van der Waals surface area contributed by atoms with Crippen LogP contribution in [0.25, 0.3) is 64.4 Å². The van der Waals surface area contributed by atoms with E-state index >= 15 is 0 Å². The molecule has 0 fully saturated rings. The van der Waals surface area contributed by atoms with Gasteiger partial charge in [-0.1, -0.05) is 78.9 Å². The molecule has 0 aliphatic heterocycles. The van der Waals surface area contributed by atoms with Crippen LogP contribution in [0.1, 0.15) is 5.56 Å². The minimum absolute atomic E-state index is 0.0445. The Bertz CT molecular complexity index is 1930. The topological polar surface area (TPSA) is 63.0 Å². The zero-order valence-corrected chi connectivity index (χ0v) is 19.5. The highest BCUT2D eigenvalue weighted by Gasteiger charge is 2.17. The number of hydrogen-bond acceptors (Lipinski definition) is 3. The third-order valence-corrected chi connectivity index (χ3v) is 7.91. The maximum absolute atomic E-state index is 8.06. The van der Waals surface area contributed by atoms with Crippen LogP contribution in [0.15, 0.2) is 108 Å². The van der Waals surface area contributed by atoms with Crippen LogP contribution >= 0.6 is 11.3 Å². The lowest BCUT2D eigenvalue weighted by Crippen LogP contribution is -2.11. The highest BCUT2D eigenvalue weighted by Crippen LogP contribution is 2.44. The van der Waals surface area contributed by atoms with E-state index in [-0.39, 0.29) is 5.84 Å². The van der Waals surface area contributed by atoms with Crippen LogP contribution in [0.5, 0.6) is 0 Å². The van der Waals surface area contributed by atoms with Gasteiger partial charge in [0.1, 0.15) is 17.0 Å². The molecule has 7 rings (SSSR count). The summed E-state index contributed by atoms with van der Waals surface area (Å²) in [6.45, 7) is 0. The molecule has 0 amide bonds. The predicted octanol–water partition coefficient (Wildman–Crippen LogP) is 8.57. The first-order chi connectivity index (χ1) is 17.2. The maximum atomic E-state index is 8.06. The van der Waals surface area contributed by atoms with Crippen LogP contribution in [-0.4, -0.2) is 5.84 Å². The summed E-state index contributed by atoms with van der Waals surface area (Å²) in [5.41, 5.74) is 13.0. The van der Waals surface area contributed by atoms with E-state index in [1.54, 1.807) is 0 Å². The molecule has 2 aromatic heterocycles. The van der Waals surface area contributed by atoms with E-state index in [1.807, 2.05) is 35.6 Å². The zero-order chi connectivity index (χ0) is 23.5. The lowest BCUT2D eigenvalue weighted by Gasteiger charge is -2.07. The lowest BCUT2D eigenvalue weighted by atomic mass is 9.96. The van der Waals surface area contributed by atoms with Crippen molar-refractivity contribution in [1.82, 2.24) is 0 Å². The highest BCUT2D eigenvalue weighted by molar-refractivity contribution is 7.26. The third kappa shape index (κ3) is 3.00. The van der Waals surface area contributed by atoms with Crippen molar-refractivity contribution in [2.45, 2.75) is 0 Å². The molecule has 0 spiro atoms. The van der Waals surface area contributed by atoms with Gasteiger partial charge in [0, 0.05) is 36.5 Å². The van der Waals surface area contributed by atoms with E-state index < -0.39 is 0 Å². The molecule has 0 unspecified atom stereocenters. The molecule has 7 aromatic rings. The van der Waals surface area contributed by atoms with Crippen LogP contribution < -0.4 is 5.73 Å². The second-order valence-electron chi connectivity index (χ2n) is 8.73. The van der Waals surface area contributed by atoms with E-state index in [4.69, 9.17) is 15.6 Å². The van der Waals surface area contributed by atoms with Gasteiger partial charge in [-0.25, -0.2) is 0 Å². The highest BCUT2D eigenvalue weighted by atomic mass is 32.1. The zero-order valence-electron chi connectivity index (χ0n) is 18.7. The molecule has 3 N–H and O–H groups in total. The van der Waals surface area contributed by atoms with Crippen molar-refractivity contribution in [1.29, 1.82) is 5.41 Å². The first-order valence-corrected chi connectivity index (χ1v) is 12.3. The van der Waals surface area contributed by atoms with Crippen LogP contribution in [-0.2, 0) is 0 Å². The summed E-state index contributed by atoms with van der Waals surface area (Å²) in [7, 11) is 0. The summed E-state index contributed by atoms with van der Waals surface area (Å²) in [5, 5.41) is 12.5. The minimum atomic E-state index is 0.0445. The van der Waals surface area contributed by atoms with E-state index in [0.717, 1.165) is 27.5 Å². The number of furan rings is 1. The molecule has 0 atom stereocenters. The number of rotatable bonds is 3. The first-order valence-electron chi connectivity index (χ1n) is 11.5. The van der Waals surface area contributed by atoms with Gasteiger partial charge in [-0.05, 0) is 46.5 Å². The standard InChI is InChI=1S/C31H20N2OS/c32-31(33)23-12-5-13-26-28(23)24-17-19(15-16-25(24)34-26)20-9-6-14-27-29(20)22-11-4-10-21(30(22)35-27)18-7-2-1-3-8-18/h1-17H,(H3,32,33). The molecule has 3 nitrogen and oxygen atoms in total. The number of benzene rings is 5. The van der Waals surface area contributed by atoms with Crippen molar-refractivity contribution in [2.24, 2.45) is 5.73 Å². The van der Waals surface area contributed by atoms with Gasteiger partial charge >= 0.3 is 0 Å². The second-order valence-corrected chi connectivity index (χ2v) is 9.79. The van der Waals surface area contributed by atoms with Crippen LogP contribution in [0, 0.1) is 5.41 Å². The molecule has 0 saturated heterocycles. The fourth-order valence-electron chi connectivity index (χ4n) is 5.15. The number of nitrogens with one attached hydrogen (secondary N) is 1. The Morgan fingerprint density at radius 2 is 1.46 bits per heavy atom. The van der Waals surface area contributed by atoms with Gasteiger partial charge in [-0.2, -0.15) is 0 Å². The number of amidine groups is 1. The number of nitrogens with two attached hydrogens (primary N) is 1. The number of nitrogen functional groups attached to an aromatic ring is 1. The molecule has 4 heteroatoms. The lowest BCUT2D eigenvalue weighted by molar-refractivity contribution is 0.669. The normalized spacial score (nSPS) is 11.7. The third-order valence-electron chi connectivity index (χ3n) is 6.70. The Morgan fingerprint density at radius 1 is 0.657 bits per heavy atom. The Hall–Kier alpha value is -4.41. The molecule has 35 heavy (non-hydrogen) atoms. The van der Waals surface area contributed by atoms with Crippen molar-refractivity contribution < 1.29 is 4.42 Å². The fraction of sp³-hybridized carbons (Fsp3) is 0. The Balaban J connectivity index is 1.52. The smallest absolute Gasteiger partial charge is 0.136 e. The van der Waals surface area contributed by atoms with Gasteiger partial charge < -0.3 is 10.2 Å². The molecule has 0 aliphatic carbocycles. The maximum Gasteiger partial charge on any atom is 0.136 e. The van der Waals surface area contributed by atoms with E-state index in [9.17, 15) is 0 Å². The Kier molecular flexibility index (Phi) is 4.32. The molecule has 2 heterocycles. The number of fused-ring (bicyclic) bond motifs is 6. The van der Waals surface area contributed by atoms with Gasteiger partial charge in [-0.3, -0.25) is 5.41 Å². The SMILES string of the molecule is N=C(N)c1cccc2oc3ccc(-c4cccc5sc6c(-c7ccccc7)cccc6c45)cc3c12. The minimum Gasteiger partial charge on any atom is -0.456 e. The van der Waals surface area contributed by atoms with Gasteiger partial charge in [0.2, 0.25) is 0 Å². The summed E-state index contributed by atoms with van der Waals surface area (Å²) in [6, 6.07) is 35.7. The van der Waals surface area contributed by atoms with Crippen molar-refractivity contribution in [3.05, 3.63) is 109 Å². The van der Waals surface area contributed by atoms with E-state index in [0.29, 0.717) is 5.56 Å². The monoisotopic (exact) mass is 468 g/mol. The molecular formula is C31H20N2OS. The van der Waals surface area contributed by atoms with E-state index in [2.05, 4.69) is 78.9 Å².